The van der Waals surface area contributed by atoms with Gasteiger partial charge in [-0.25, -0.2) is 0 Å². The van der Waals surface area contributed by atoms with Crippen LogP contribution in [0, 0.1) is 6.42 Å². The van der Waals surface area contributed by atoms with Gasteiger partial charge in [-0.3, -0.25) is 0 Å². The van der Waals surface area contributed by atoms with Crippen LogP contribution in [0.3, 0.4) is 0 Å². The van der Waals surface area contributed by atoms with Gasteiger partial charge in [0.25, 0.3) is 0 Å². The van der Waals surface area contributed by atoms with Crippen molar-refractivity contribution in [2.75, 3.05) is 14.2 Å². The summed E-state index contributed by atoms with van der Waals surface area (Å²) in [5.41, 5.74) is 0.890. The zero-order valence-electron chi connectivity index (χ0n) is 7.84. The molecule has 4 heteroatoms. The average molecular weight is 252 g/mol. The number of hydrogen-bond donors (Lipinski definition) is 0. The van der Waals surface area contributed by atoms with Crippen LogP contribution in [0.25, 0.3) is 0 Å². The standard InChI is InChI=1S/C9H11O2.ClH.Zn/c1-7-4-8(10-2)6-9(5-7)11-3;;/h4-6H,1H2,2-3H3;1H;/p-1. The van der Waals surface area contributed by atoms with Gasteiger partial charge < -0.3 is 21.9 Å². The van der Waals surface area contributed by atoms with Gasteiger partial charge in [0.2, 0.25) is 0 Å². The van der Waals surface area contributed by atoms with Gasteiger partial charge in [0, 0.05) is 19.5 Å². The van der Waals surface area contributed by atoms with Crippen LogP contribution >= 0.6 is 0 Å². The minimum absolute atomic E-state index is 0. The van der Waals surface area contributed by atoms with Crippen LogP contribution in [0.4, 0.5) is 0 Å². The molecule has 2 nitrogen and oxygen atoms in total. The molecule has 0 N–H and O–H groups in total. The van der Waals surface area contributed by atoms with E-state index in [9.17, 15) is 0 Å². The normalized spacial score (nSPS) is 14.5. The van der Waals surface area contributed by atoms with Crippen LogP contribution in [-0.2, 0) is 29.0 Å². The van der Waals surface area contributed by atoms with E-state index in [1.165, 1.54) is 0 Å². The summed E-state index contributed by atoms with van der Waals surface area (Å²) in [6.45, 7) is 3.78. The monoisotopic (exact) mass is 250 g/mol. The van der Waals surface area contributed by atoms with Crippen molar-refractivity contribution in [3.8, 4) is 0 Å². The molecule has 0 aromatic rings. The van der Waals surface area contributed by atoms with Gasteiger partial charge in [0.15, 0.2) is 0 Å². The van der Waals surface area contributed by atoms with E-state index in [1.54, 1.807) is 14.2 Å². The molecule has 0 amide bonds. The Morgan fingerprint density at radius 1 is 1.08 bits per heavy atom. The molecule has 13 heavy (non-hydrogen) atoms. The first kappa shape index (κ1) is 15.2. The summed E-state index contributed by atoms with van der Waals surface area (Å²) in [5.74, 6) is 1.55. The van der Waals surface area contributed by atoms with E-state index in [-0.39, 0.29) is 31.9 Å². The molecule has 1 aliphatic carbocycles. The molecule has 1 radical (unpaired) electrons. The molecule has 0 spiro atoms. The number of methoxy groups -OCH3 is 2. The minimum Gasteiger partial charge on any atom is -1.00 e. The van der Waals surface area contributed by atoms with Crippen molar-refractivity contribution in [2.24, 2.45) is 0 Å². The van der Waals surface area contributed by atoms with E-state index in [0.29, 0.717) is 0 Å². The fourth-order valence-electron chi connectivity index (χ4n) is 0.866. The Kier molecular flexibility index (Phi) is 8.39. The van der Waals surface area contributed by atoms with E-state index >= 15 is 0 Å². The fourth-order valence-corrected chi connectivity index (χ4v) is 0.866. The Balaban J connectivity index is 0. The second-order valence-electron chi connectivity index (χ2n) is 2.22. The first-order valence-corrected chi connectivity index (χ1v) is 3.31. The van der Waals surface area contributed by atoms with Gasteiger partial charge in [0.1, 0.15) is 11.5 Å². The van der Waals surface area contributed by atoms with Crippen molar-refractivity contribution in [3.63, 3.8) is 0 Å². The maximum absolute atomic E-state index is 5.02. The van der Waals surface area contributed by atoms with Crippen molar-refractivity contribution in [1.82, 2.24) is 0 Å². The van der Waals surface area contributed by atoms with E-state index in [2.05, 4.69) is 6.58 Å². The molecule has 1 rings (SSSR count). The molecule has 0 unspecified atom stereocenters. The number of ether oxygens (including phenoxy) is 2. The molecule has 0 aliphatic heterocycles. The van der Waals surface area contributed by atoms with Crippen molar-refractivity contribution in [1.29, 1.82) is 0 Å². The molecule has 0 atom stereocenters. The summed E-state index contributed by atoms with van der Waals surface area (Å²) in [6, 6.07) is 0. The molecule has 1 aliphatic rings. The van der Waals surface area contributed by atoms with E-state index < -0.39 is 0 Å². The zero-order chi connectivity index (χ0) is 8.27. The smallest absolute Gasteiger partial charge is 0.108 e. The maximum Gasteiger partial charge on any atom is 0.108 e. The third-order valence-corrected chi connectivity index (χ3v) is 1.41. The topological polar surface area (TPSA) is 18.5 Å². The van der Waals surface area contributed by atoms with Crippen molar-refractivity contribution in [3.05, 3.63) is 42.2 Å². The second-order valence-corrected chi connectivity index (χ2v) is 2.22. The van der Waals surface area contributed by atoms with Crippen LogP contribution in [0.5, 0.6) is 0 Å². The second kappa shape index (κ2) is 7.17. The third kappa shape index (κ3) is 4.49. The van der Waals surface area contributed by atoms with Gasteiger partial charge in [-0.15, -0.1) is 0 Å². The molecular formula is C9H11ClO2Zn-. The van der Waals surface area contributed by atoms with E-state index in [1.807, 2.05) is 18.6 Å². The number of halogens is 1. The largest absolute Gasteiger partial charge is 1.00 e. The molecular weight excluding hydrogens is 241 g/mol. The SMILES string of the molecule is C=C1C=C(OC)[CH]C(OC)=C1.[Cl-].[Zn]. The van der Waals surface area contributed by atoms with Crippen LogP contribution in [-0.4, -0.2) is 14.2 Å². The molecule has 0 heterocycles. The molecule has 0 fully saturated rings. The molecule has 0 aromatic carbocycles. The molecule has 0 aromatic heterocycles. The summed E-state index contributed by atoms with van der Waals surface area (Å²) >= 11 is 0. The van der Waals surface area contributed by atoms with Crippen molar-refractivity contribution < 1.29 is 41.4 Å². The summed E-state index contributed by atoms with van der Waals surface area (Å²) in [5, 5.41) is 0. The first-order valence-electron chi connectivity index (χ1n) is 3.31. The van der Waals surface area contributed by atoms with Crippen LogP contribution < -0.4 is 12.4 Å². The summed E-state index contributed by atoms with van der Waals surface area (Å²) in [6.07, 6.45) is 5.51. The Hall–Kier alpha value is -0.267. The quantitative estimate of drug-likeness (QED) is 0.576. The van der Waals surface area contributed by atoms with Gasteiger partial charge in [-0.1, -0.05) is 6.58 Å². The summed E-state index contributed by atoms with van der Waals surface area (Å²) in [4.78, 5) is 0. The van der Waals surface area contributed by atoms with Gasteiger partial charge in [-0.2, -0.15) is 0 Å². The Bertz CT molecular complexity index is 212. The minimum atomic E-state index is 0. The molecule has 0 saturated heterocycles. The fraction of sp³-hybridized carbons (Fsp3) is 0.222. The van der Waals surface area contributed by atoms with E-state index in [0.717, 1.165) is 17.1 Å². The van der Waals surface area contributed by atoms with Crippen molar-refractivity contribution >= 4 is 0 Å². The van der Waals surface area contributed by atoms with Gasteiger partial charge in [-0.05, 0) is 17.7 Å². The Morgan fingerprint density at radius 3 is 1.77 bits per heavy atom. The Morgan fingerprint density at radius 2 is 1.46 bits per heavy atom. The molecule has 0 saturated carbocycles. The predicted octanol–water partition coefficient (Wildman–Crippen LogP) is -1.18. The summed E-state index contributed by atoms with van der Waals surface area (Å²) in [7, 11) is 3.24. The van der Waals surface area contributed by atoms with Crippen LogP contribution in [0.1, 0.15) is 0 Å². The van der Waals surface area contributed by atoms with Gasteiger partial charge in [0.05, 0.1) is 20.6 Å². The number of allylic oxidation sites excluding steroid dienone is 3. The summed E-state index contributed by atoms with van der Waals surface area (Å²) < 4.78 is 10.0. The van der Waals surface area contributed by atoms with E-state index in [4.69, 9.17) is 9.47 Å². The number of hydrogen-bond acceptors (Lipinski definition) is 2. The predicted molar refractivity (Wildman–Crippen MR) is 43.6 cm³/mol. The Labute approximate surface area is 97.8 Å². The van der Waals surface area contributed by atoms with Crippen LogP contribution in [0.15, 0.2) is 35.8 Å². The molecule has 0 bridgehead atoms. The number of rotatable bonds is 2. The zero-order valence-corrected chi connectivity index (χ0v) is 11.6. The third-order valence-electron chi connectivity index (χ3n) is 1.41. The van der Waals surface area contributed by atoms with Crippen molar-refractivity contribution in [2.45, 2.75) is 0 Å². The average Bonchev–Trinajstić information content (AvgIpc) is 2.03. The van der Waals surface area contributed by atoms with Gasteiger partial charge >= 0.3 is 0 Å². The molecule has 69 valence electrons. The van der Waals surface area contributed by atoms with Crippen LogP contribution in [0.2, 0.25) is 0 Å². The first-order chi connectivity index (χ1) is 5.26. The maximum atomic E-state index is 5.02.